The first-order valence-corrected chi connectivity index (χ1v) is 12.6. The molecular weight excluding hydrogens is 489 g/mol. The van der Waals surface area contributed by atoms with Crippen LogP contribution in [-0.2, 0) is 26.1 Å². The van der Waals surface area contributed by atoms with E-state index < -0.39 is 16.1 Å². The summed E-state index contributed by atoms with van der Waals surface area (Å²) in [5.41, 5.74) is 0.580. The van der Waals surface area contributed by atoms with E-state index in [2.05, 4.69) is 0 Å². The Morgan fingerprint density at radius 1 is 0.970 bits per heavy atom. The van der Waals surface area contributed by atoms with Crippen molar-refractivity contribution in [2.45, 2.75) is 18.4 Å². The fourth-order valence-electron chi connectivity index (χ4n) is 3.40. The monoisotopic (exact) mass is 513 g/mol. The molecule has 11 heteroatoms. The van der Waals surface area contributed by atoms with Crippen molar-refractivity contribution in [3.8, 4) is 0 Å². The van der Waals surface area contributed by atoms with Crippen LogP contribution in [0, 0.1) is 0 Å². The van der Waals surface area contributed by atoms with E-state index in [4.69, 9.17) is 27.9 Å². The number of carbonyl (C=O) groups excluding carboxylic acids is 2. The summed E-state index contributed by atoms with van der Waals surface area (Å²) in [6.45, 7) is 2.79. The quantitative estimate of drug-likeness (QED) is 0.565. The van der Waals surface area contributed by atoms with Crippen LogP contribution in [0.4, 0.5) is 4.79 Å². The van der Waals surface area contributed by atoms with E-state index in [9.17, 15) is 18.0 Å². The molecule has 0 saturated carbocycles. The predicted octanol–water partition coefficient (Wildman–Crippen LogP) is 3.49. The van der Waals surface area contributed by atoms with E-state index >= 15 is 0 Å². The maximum atomic E-state index is 13.4. The highest BCUT2D eigenvalue weighted by molar-refractivity contribution is 7.89. The fraction of sp³-hybridized carbons (Fsp3) is 0.364. The van der Waals surface area contributed by atoms with Gasteiger partial charge in [0.2, 0.25) is 15.9 Å². The van der Waals surface area contributed by atoms with E-state index in [0.717, 1.165) is 4.31 Å². The number of ether oxygens (including phenoxy) is 1. The maximum absolute atomic E-state index is 13.4. The van der Waals surface area contributed by atoms with Gasteiger partial charge in [0, 0.05) is 42.8 Å². The first kappa shape index (κ1) is 25.3. The van der Waals surface area contributed by atoms with Crippen LogP contribution in [0.5, 0.6) is 0 Å². The van der Waals surface area contributed by atoms with Gasteiger partial charge in [0.1, 0.15) is 0 Å². The van der Waals surface area contributed by atoms with Gasteiger partial charge in [0.15, 0.2) is 0 Å². The summed E-state index contributed by atoms with van der Waals surface area (Å²) in [6.07, 6.45) is -0.421. The van der Waals surface area contributed by atoms with Crippen LogP contribution in [0.1, 0.15) is 12.5 Å². The van der Waals surface area contributed by atoms with Gasteiger partial charge in [-0.2, -0.15) is 4.31 Å². The third-order valence-corrected chi connectivity index (χ3v) is 7.65. The molecule has 0 radical (unpaired) electrons. The van der Waals surface area contributed by atoms with Gasteiger partial charge in [-0.3, -0.25) is 4.79 Å². The van der Waals surface area contributed by atoms with Gasteiger partial charge in [-0.05, 0) is 42.8 Å². The van der Waals surface area contributed by atoms with Crippen molar-refractivity contribution < 1.29 is 22.7 Å². The minimum Gasteiger partial charge on any atom is -0.450 e. The maximum Gasteiger partial charge on any atom is 0.409 e. The number of sulfonamides is 1. The van der Waals surface area contributed by atoms with Gasteiger partial charge in [0.05, 0.1) is 18.0 Å². The Balaban J connectivity index is 1.78. The van der Waals surface area contributed by atoms with Crippen LogP contribution in [0.25, 0.3) is 0 Å². The zero-order valence-electron chi connectivity index (χ0n) is 18.1. The number of amides is 2. The largest absolute Gasteiger partial charge is 0.450 e. The summed E-state index contributed by atoms with van der Waals surface area (Å²) in [5.74, 6) is -0.358. The molecule has 0 atom stereocenters. The van der Waals surface area contributed by atoms with Crippen molar-refractivity contribution >= 4 is 45.2 Å². The van der Waals surface area contributed by atoms with E-state index in [1.54, 1.807) is 36.1 Å². The summed E-state index contributed by atoms with van der Waals surface area (Å²) >= 11 is 12.2. The molecule has 1 aliphatic heterocycles. The summed E-state index contributed by atoms with van der Waals surface area (Å²) in [4.78, 5) is 28.0. The topological polar surface area (TPSA) is 87.2 Å². The number of benzene rings is 2. The second kappa shape index (κ2) is 11.2. The van der Waals surface area contributed by atoms with Gasteiger partial charge >= 0.3 is 6.09 Å². The molecule has 8 nitrogen and oxygen atoms in total. The van der Waals surface area contributed by atoms with Crippen molar-refractivity contribution in [3.63, 3.8) is 0 Å². The molecule has 1 heterocycles. The normalized spacial score (nSPS) is 14.4. The molecule has 178 valence electrons. The minimum absolute atomic E-state index is 0.0267. The van der Waals surface area contributed by atoms with Crippen molar-refractivity contribution in [3.05, 3.63) is 64.1 Å². The fourth-order valence-corrected chi connectivity index (χ4v) is 5.09. The number of hydrogen-bond donors (Lipinski definition) is 0. The zero-order valence-corrected chi connectivity index (χ0v) is 20.4. The van der Waals surface area contributed by atoms with E-state index in [0.29, 0.717) is 41.8 Å². The molecule has 0 unspecified atom stereocenters. The lowest BCUT2D eigenvalue weighted by molar-refractivity contribution is -0.133. The average molecular weight is 514 g/mol. The molecule has 0 aliphatic carbocycles. The molecule has 0 spiro atoms. The SMILES string of the molecule is CCOC(=O)N1CCN(C(=O)CN(Cc2ccccc2Cl)S(=O)(=O)c2ccc(Cl)cc2)CC1. The van der Waals surface area contributed by atoms with Crippen molar-refractivity contribution in [1.29, 1.82) is 0 Å². The van der Waals surface area contributed by atoms with Gasteiger partial charge < -0.3 is 14.5 Å². The van der Waals surface area contributed by atoms with Gasteiger partial charge in [0.25, 0.3) is 0 Å². The minimum atomic E-state index is -4.01. The summed E-state index contributed by atoms with van der Waals surface area (Å²) in [7, 11) is -4.01. The molecule has 2 aromatic rings. The standard InChI is InChI=1S/C22H25Cl2N3O5S/c1-2-32-22(29)26-13-11-25(12-14-26)21(28)16-27(15-17-5-3-4-6-20(17)24)33(30,31)19-9-7-18(23)8-10-19/h3-10H,2,11-16H2,1H3. The summed E-state index contributed by atoms with van der Waals surface area (Å²) in [6, 6.07) is 12.7. The van der Waals surface area contributed by atoms with Crippen molar-refractivity contribution in [1.82, 2.24) is 14.1 Å². The highest BCUT2D eigenvalue weighted by Gasteiger charge is 2.31. The van der Waals surface area contributed by atoms with Crippen LogP contribution in [0.15, 0.2) is 53.4 Å². The van der Waals surface area contributed by atoms with Gasteiger partial charge in [-0.15, -0.1) is 0 Å². The first-order chi connectivity index (χ1) is 15.7. The third kappa shape index (κ3) is 6.38. The number of nitrogens with zero attached hydrogens (tertiary/aromatic N) is 3. The van der Waals surface area contributed by atoms with Crippen LogP contribution in [0.2, 0.25) is 10.0 Å². The lowest BCUT2D eigenvalue weighted by Crippen LogP contribution is -2.53. The third-order valence-electron chi connectivity index (χ3n) is 5.23. The molecule has 2 amide bonds. The molecular formula is C22H25Cl2N3O5S. The zero-order chi connectivity index (χ0) is 24.0. The van der Waals surface area contributed by atoms with E-state index in [-0.39, 0.29) is 30.5 Å². The molecule has 33 heavy (non-hydrogen) atoms. The molecule has 3 rings (SSSR count). The number of rotatable bonds is 7. The molecule has 1 aliphatic rings. The smallest absolute Gasteiger partial charge is 0.409 e. The molecule has 0 aromatic heterocycles. The molecule has 1 fully saturated rings. The Bertz CT molecular complexity index is 1090. The second-order valence-electron chi connectivity index (χ2n) is 7.39. The lowest BCUT2D eigenvalue weighted by atomic mass is 10.2. The number of hydrogen-bond acceptors (Lipinski definition) is 5. The number of piperazine rings is 1. The van der Waals surface area contributed by atoms with E-state index in [1.807, 2.05) is 0 Å². The van der Waals surface area contributed by atoms with E-state index in [1.165, 1.54) is 29.2 Å². The summed E-state index contributed by atoms with van der Waals surface area (Å²) < 4.78 is 32.9. The Hall–Kier alpha value is -2.33. The second-order valence-corrected chi connectivity index (χ2v) is 10.2. The molecule has 1 saturated heterocycles. The van der Waals surface area contributed by atoms with Crippen LogP contribution in [0.3, 0.4) is 0 Å². The summed E-state index contributed by atoms with van der Waals surface area (Å²) in [5, 5.41) is 0.812. The predicted molar refractivity (Wildman–Crippen MR) is 126 cm³/mol. The average Bonchev–Trinajstić information content (AvgIpc) is 2.80. The Kier molecular flexibility index (Phi) is 8.58. The first-order valence-electron chi connectivity index (χ1n) is 10.4. The van der Waals surface area contributed by atoms with Crippen molar-refractivity contribution in [2.75, 3.05) is 39.3 Å². The number of carbonyl (C=O) groups is 2. The Labute approximate surface area is 203 Å². The molecule has 0 bridgehead atoms. The van der Waals surface area contributed by atoms with Crippen LogP contribution < -0.4 is 0 Å². The highest BCUT2D eigenvalue weighted by Crippen LogP contribution is 2.24. The Morgan fingerprint density at radius 2 is 1.58 bits per heavy atom. The molecule has 0 N–H and O–H groups in total. The highest BCUT2D eigenvalue weighted by atomic mass is 35.5. The van der Waals surface area contributed by atoms with Crippen LogP contribution >= 0.6 is 23.2 Å². The molecule has 2 aromatic carbocycles. The van der Waals surface area contributed by atoms with Crippen LogP contribution in [-0.4, -0.2) is 73.9 Å². The van der Waals surface area contributed by atoms with Gasteiger partial charge in [-0.1, -0.05) is 41.4 Å². The Morgan fingerprint density at radius 3 is 2.18 bits per heavy atom. The number of halogens is 2. The lowest BCUT2D eigenvalue weighted by Gasteiger charge is -2.35. The van der Waals surface area contributed by atoms with Crippen molar-refractivity contribution in [2.24, 2.45) is 0 Å². The van der Waals surface area contributed by atoms with Gasteiger partial charge in [-0.25, -0.2) is 13.2 Å².